The van der Waals surface area contributed by atoms with Gasteiger partial charge in [0.1, 0.15) is 0 Å². The van der Waals surface area contributed by atoms with E-state index in [-0.39, 0.29) is 0 Å². The molecule has 1 aliphatic carbocycles. The fourth-order valence-corrected chi connectivity index (χ4v) is 4.93. The second-order valence-corrected chi connectivity index (χ2v) is 8.34. The summed E-state index contributed by atoms with van der Waals surface area (Å²) in [5.74, 6) is 0.672. The number of rotatable bonds is 4. The summed E-state index contributed by atoms with van der Waals surface area (Å²) in [4.78, 5) is 2.63. The minimum atomic E-state index is 0.672. The predicted molar refractivity (Wildman–Crippen MR) is 119 cm³/mol. The average molecular weight is 384 g/mol. The Balaban J connectivity index is 1.32. The second-order valence-electron chi connectivity index (χ2n) is 8.34. The lowest BCUT2D eigenvalue weighted by molar-refractivity contribution is 0.228. The molecule has 1 saturated heterocycles. The number of hydrogen-bond donors (Lipinski definition) is 0. The van der Waals surface area contributed by atoms with Gasteiger partial charge in [-0.15, -0.1) is 0 Å². The van der Waals surface area contributed by atoms with E-state index in [0.717, 1.165) is 18.7 Å². The maximum absolute atomic E-state index is 4.73. The topological polar surface area (TPSA) is 21.1 Å². The van der Waals surface area contributed by atoms with Crippen LogP contribution in [0.15, 0.2) is 72.9 Å². The lowest BCUT2D eigenvalue weighted by atomic mass is 9.90. The molecular weight excluding hydrogens is 354 g/mol. The minimum Gasteiger partial charge on any atom is -0.299 e. The van der Waals surface area contributed by atoms with Crippen LogP contribution in [0.2, 0.25) is 0 Å². The molecule has 5 rings (SSSR count). The Hall–Kier alpha value is -2.65. The number of nitrogens with zero attached hydrogens (tertiary/aromatic N) is 3. The van der Waals surface area contributed by atoms with Gasteiger partial charge in [-0.25, -0.2) is 4.68 Å². The highest BCUT2D eigenvalue weighted by molar-refractivity contribution is 5.69. The van der Waals surface area contributed by atoms with Crippen molar-refractivity contribution in [1.82, 2.24) is 14.7 Å². The third-order valence-corrected chi connectivity index (χ3v) is 6.45. The fraction of sp³-hybridized carbons (Fsp3) is 0.346. The number of allylic oxidation sites excluding steroid dienone is 1. The van der Waals surface area contributed by atoms with Gasteiger partial charge in [-0.1, -0.05) is 54.6 Å². The largest absolute Gasteiger partial charge is 0.299 e. The molecule has 148 valence electrons. The molecule has 1 aromatic heterocycles. The summed E-state index contributed by atoms with van der Waals surface area (Å²) >= 11 is 0. The monoisotopic (exact) mass is 383 g/mol. The predicted octanol–water partition coefficient (Wildman–Crippen LogP) is 5.47. The van der Waals surface area contributed by atoms with E-state index in [1.807, 2.05) is 0 Å². The molecule has 0 amide bonds. The van der Waals surface area contributed by atoms with Crippen molar-refractivity contribution in [3.8, 4) is 5.69 Å². The summed E-state index contributed by atoms with van der Waals surface area (Å²) in [6.45, 7) is 3.43. The van der Waals surface area contributed by atoms with Crippen molar-refractivity contribution >= 4 is 5.57 Å². The van der Waals surface area contributed by atoms with Crippen molar-refractivity contribution < 1.29 is 0 Å². The number of fused-ring (bicyclic) bond motifs is 1. The first-order valence-corrected chi connectivity index (χ1v) is 11.0. The molecule has 0 unspecified atom stereocenters. The quantitative estimate of drug-likeness (QED) is 0.595. The highest BCUT2D eigenvalue weighted by Crippen LogP contribution is 2.32. The van der Waals surface area contributed by atoms with Crippen LogP contribution in [0.5, 0.6) is 0 Å². The van der Waals surface area contributed by atoms with E-state index in [2.05, 4.69) is 82.5 Å². The lowest BCUT2D eigenvalue weighted by Crippen LogP contribution is -2.34. The van der Waals surface area contributed by atoms with Crippen LogP contribution in [0.3, 0.4) is 0 Å². The maximum Gasteiger partial charge on any atom is 0.0649 e. The molecule has 0 N–H and O–H groups in total. The Bertz CT molecular complexity index is 972. The van der Waals surface area contributed by atoms with Gasteiger partial charge in [-0.3, -0.25) is 4.90 Å². The number of hydrogen-bond acceptors (Lipinski definition) is 2. The van der Waals surface area contributed by atoms with Gasteiger partial charge in [0.05, 0.1) is 17.6 Å². The molecule has 0 radical (unpaired) electrons. The first-order valence-electron chi connectivity index (χ1n) is 11.0. The number of likely N-dealkylation sites (tertiary alicyclic amines) is 1. The molecule has 3 nitrogen and oxygen atoms in total. The Labute approximate surface area is 173 Å². The summed E-state index contributed by atoms with van der Waals surface area (Å²) < 4.78 is 2.13. The van der Waals surface area contributed by atoms with Gasteiger partial charge >= 0.3 is 0 Å². The third-order valence-electron chi connectivity index (χ3n) is 6.45. The highest BCUT2D eigenvalue weighted by Gasteiger charge is 2.22. The van der Waals surface area contributed by atoms with E-state index in [1.54, 1.807) is 0 Å². The van der Waals surface area contributed by atoms with E-state index in [4.69, 9.17) is 5.10 Å². The molecule has 3 heteroatoms. The van der Waals surface area contributed by atoms with Gasteiger partial charge in [-0.2, -0.15) is 5.10 Å². The zero-order valence-electron chi connectivity index (χ0n) is 17.0. The molecular formula is C26H29N3. The number of aromatic nitrogens is 2. The first kappa shape index (κ1) is 18.4. The molecule has 1 aliphatic heterocycles. The van der Waals surface area contributed by atoms with Crippen molar-refractivity contribution in [3.05, 3.63) is 89.8 Å². The van der Waals surface area contributed by atoms with Crippen LogP contribution in [-0.2, 0) is 6.42 Å². The lowest BCUT2D eigenvalue weighted by Gasteiger charge is -2.32. The fourth-order valence-electron chi connectivity index (χ4n) is 4.93. The van der Waals surface area contributed by atoms with E-state index >= 15 is 0 Å². The Morgan fingerprint density at radius 3 is 2.55 bits per heavy atom. The van der Waals surface area contributed by atoms with Gasteiger partial charge < -0.3 is 0 Å². The van der Waals surface area contributed by atoms with Gasteiger partial charge in [0.25, 0.3) is 0 Å². The summed E-state index contributed by atoms with van der Waals surface area (Å²) in [7, 11) is 0. The molecule has 2 aromatic carbocycles. The van der Waals surface area contributed by atoms with Crippen molar-refractivity contribution in [2.45, 2.75) is 38.0 Å². The van der Waals surface area contributed by atoms with Crippen LogP contribution in [0.4, 0.5) is 0 Å². The zero-order valence-corrected chi connectivity index (χ0v) is 17.0. The highest BCUT2D eigenvalue weighted by atomic mass is 15.3. The van der Waals surface area contributed by atoms with Crippen molar-refractivity contribution in [2.75, 3.05) is 19.6 Å². The molecule has 1 atom stereocenters. The van der Waals surface area contributed by atoms with Gasteiger partial charge in [0.2, 0.25) is 0 Å². The van der Waals surface area contributed by atoms with Crippen LogP contribution in [0, 0.1) is 0 Å². The first-order chi connectivity index (χ1) is 14.4. The Morgan fingerprint density at radius 1 is 0.931 bits per heavy atom. The Morgan fingerprint density at radius 2 is 1.72 bits per heavy atom. The zero-order chi connectivity index (χ0) is 19.5. The maximum atomic E-state index is 4.73. The number of benzene rings is 2. The molecule has 2 aliphatic rings. The van der Waals surface area contributed by atoms with E-state index in [9.17, 15) is 0 Å². The van der Waals surface area contributed by atoms with Crippen LogP contribution in [0.1, 0.15) is 48.4 Å². The molecule has 29 heavy (non-hydrogen) atoms. The smallest absolute Gasteiger partial charge is 0.0649 e. The molecule has 0 saturated carbocycles. The van der Waals surface area contributed by atoms with E-state index < -0.39 is 0 Å². The van der Waals surface area contributed by atoms with Crippen molar-refractivity contribution in [3.63, 3.8) is 0 Å². The molecule has 1 fully saturated rings. The SMILES string of the molecule is C(/CN1CCC[C@H](c2ccccc2)C1)=C1/CCCc2c1cnn2-c1ccccc1. The average Bonchev–Trinajstić information content (AvgIpc) is 3.24. The molecule has 3 aromatic rings. The number of piperidine rings is 1. The van der Waals surface area contributed by atoms with Crippen LogP contribution in [0.25, 0.3) is 11.3 Å². The van der Waals surface area contributed by atoms with E-state index in [1.165, 1.54) is 61.2 Å². The van der Waals surface area contributed by atoms with E-state index in [0.29, 0.717) is 5.92 Å². The third kappa shape index (κ3) is 3.92. The summed E-state index contributed by atoms with van der Waals surface area (Å²) in [5, 5.41) is 4.73. The minimum absolute atomic E-state index is 0.672. The normalized spacial score (nSPS) is 21.2. The summed E-state index contributed by atoms with van der Waals surface area (Å²) in [5.41, 5.74) is 6.87. The van der Waals surface area contributed by atoms with Crippen LogP contribution in [-0.4, -0.2) is 34.3 Å². The summed E-state index contributed by atoms with van der Waals surface area (Å²) in [6, 6.07) is 21.6. The Kier molecular flexibility index (Phi) is 5.31. The summed E-state index contributed by atoms with van der Waals surface area (Å²) in [6.07, 6.45) is 10.7. The van der Waals surface area contributed by atoms with Gasteiger partial charge in [0, 0.05) is 18.7 Å². The van der Waals surface area contributed by atoms with Gasteiger partial charge in [0.15, 0.2) is 0 Å². The van der Waals surface area contributed by atoms with Crippen molar-refractivity contribution in [1.29, 1.82) is 0 Å². The second kappa shape index (κ2) is 8.38. The van der Waals surface area contributed by atoms with Crippen LogP contribution >= 0.6 is 0 Å². The van der Waals surface area contributed by atoms with Crippen molar-refractivity contribution in [2.24, 2.45) is 0 Å². The molecule has 0 bridgehead atoms. The standard InChI is InChI=1S/C26H29N3/c1-3-9-21(10-4-1)23-12-8-17-28(20-23)18-16-22-11-7-15-26-25(22)19-27-29(26)24-13-5-2-6-14-24/h1-6,9-10,13-14,16,19,23H,7-8,11-12,15,17-18,20H2/b22-16+/t23-/m0/s1. The van der Waals surface area contributed by atoms with Crippen LogP contribution < -0.4 is 0 Å². The van der Waals surface area contributed by atoms with Gasteiger partial charge in [-0.05, 0) is 67.8 Å². The molecule has 0 spiro atoms. The molecule has 2 heterocycles. The number of para-hydroxylation sites is 1.